The number of rotatable bonds is 7. The van der Waals surface area contributed by atoms with Crippen molar-refractivity contribution in [2.45, 2.75) is 24.8 Å². The molecule has 1 atom stereocenters. The summed E-state index contributed by atoms with van der Waals surface area (Å²) in [6.45, 7) is 3.35. The van der Waals surface area contributed by atoms with E-state index in [1.807, 2.05) is 61.5 Å². The Hall–Kier alpha value is -2.14. The summed E-state index contributed by atoms with van der Waals surface area (Å²) in [5.74, 6) is 0. The van der Waals surface area contributed by atoms with Gasteiger partial charge in [-0.1, -0.05) is 60.1 Å². The first-order valence-electron chi connectivity index (χ1n) is 8.78. The Kier molecular flexibility index (Phi) is 6.67. The van der Waals surface area contributed by atoms with Gasteiger partial charge in [0.2, 0.25) is 0 Å². The van der Waals surface area contributed by atoms with Crippen molar-refractivity contribution in [3.05, 3.63) is 94.5 Å². The molecule has 0 spiro atoms. The minimum Gasteiger partial charge on any atom is -0.367 e. The van der Waals surface area contributed by atoms with Crippen LogP contribution in [0.15, 0.2) is 77.7 Å². The number of nitrogens with zero attached hydrogens (tertiary/aromatic N) is 1. The van der Waals surface area contributed by atoms with Crippen molar-refractivity contribution in [3.63, 3.8) is 0 Å². The van der Waals surface area contributed by atoms with Gasteiger partial charge in [0.25, 0.3) is 0 Å². The molecule has 0 aliphatic rings. The number of halogens is 1. The number of hydrogen-bond acceptors (Lipinski definition) is 2. The van der Waals surface area contributed by atoms with Crippen LogP contribution in [-0.4, -0.2) is 15.3 Å². The molecule has 0 amide bonds. The van der Waals surface area contributed by atoms with Crippen molar-refractivity contribution in [1.29, 1.82) is 0 Å². The molecule has 3 rings (SSSR count). The number of anilines is 1. The maximum Gasteiger partial charge on any atom is 0.186 e. The molecule has 1 unspecified atom stereocenters. The van der Waals surface area contributed by atoms with E-state index < -0.39 is 11.1 Å². The molecule has 1 N–H and O–H groups in total. The Morgan fingerprint density at radius 1 is 0.963 bits per heavy atom. The van der Waals surface area contributed by atoms with Gasteiger partial charge in [0.05, 0.1) is 4.90 Å². The first kappa shape index (κ1) is 19.6. The molecule has 27 heavy (non-hydrogen) atoms. The Morgan fingerprint density at radius 2 is 1.70 bits per heavy atom. The van der Waals surface area contributed by atoms with Crippen molar-refractivity contribution >= 4 is 28.4 Å². The summed E-state index contributed by atoms with van der Waals surface area (Å²) in [7, 11) is 0. The third-order valence-corrected chi connectivity index (χ3v) is 5.55. The van der Waals surface area contributed by atoms with Crippen molar-refractivity contribution < 1.29 is 8.76 Å². The van der Waals surface area contributed by atoms with Gasteiger partial charge in [-0.25, -0.2) is 4.21 Å². The van der Waals surface area contributed by atoms with Gasteiger partial charge in [-0.05, 0) is 54.3 Å². The average molecular weight is 400 g/mol. The van der Waals surface area contributed by atoms with Gasteiger partial charge in [0, 0.05) is 23.8 Å². The van der Waals surface area contributed by atoms with E-state index in [1.165, 1.54) is 11.1 Å². The summed E-state index contributed by atoms with van der Waals surface area (Å²) in [5, 5.41) is 0.732. The Morgan fingerprint density at radius 3 is 2.41 bits per heavy atom. The van der Waals surface area contributed by atoms with Crippen LogP contribution in [0.25, 0.3) is 0 Å². The van der Waals surface area contributed by atoms with Gasteiger partial charge >= 0.3 is 0 Å². The molecule has 0 aliphatic heterocycles. The van der Waals surface area contributed by atoms with Crippen molar-refractivity contribution in [3.8, 4) is 0 Å². The summed E-state index contributed by atoms with van der Waals surface area (Å²) >= 11 is 4.10. The average Bonchev–Trinajstić information content (AvgIpc) is 2.66. The second kappa shape index (κ2) is 9.18. The smallest absolute Gasteiger partial charge is 0.186 e. The lowest BCUT2D eigenvalue weighted by molar-refractivity contribution is 0.563. The Labute approximate surface area is 167 Å². The zero-order valence-electron chi connectivity index (χ0n) is 15.1. The predicted molar refractivity (Wildman–Crippen MR) is 113 cm³/mol. The molecule has 0 radical (unpaired) electrons. The van der Waals surface area contributed by atoms with E-state index in [9.17, 15) is 8.76 Å². The van der Waals surface area contributed by atoms with Gasteiger partial charge in [0.15, 0.2) is 11.1 Å². The first-order valence-corrected chi connectivity index (χ1v) is 10.3. The van der Waals surface area contributed by atoms with Crippen LogP contribution in [0.3, 0.4) is 0 Å². The van der Waals surface area contributed by atoms with E-state index in [2.05, 4.69) is 23.1 Å². The summed E-state index contributed by atoms with van der Waals surface area (Å²) < 4.78 is 21.2. The first-order chi connectivity index (χ1) is 13.0. The molecule has 140 valence electrons. The fourth-order valence-electron chi connectivity index (χ4n) is 3.03. The fraction of sp³-hybridized carbons (Fsp3) is 0.182. The normalized spacial score (nSPS) is 12.0. The third kappa shape index (κ3) is 5.42. The summed E-state index contributed by atoms with van der Waals surface area (Å²) in [4.78, 5) is 2.68. The van der Waals surface area contributed by atoms with Crippen LogP contribution in [0.4, 0.5) is 5.69 Å². The van der Waals surface area contributed by atoms with Crippen LogP contribution in [0.2, 0.25) is 5.02 Å². The highest BCUT2D eigenvalue weighted by molar-refractivity contribution is 7.79. The zero-order valence-corrected chi connectivity index (χ0v) is 16.7. The van der Waals surface area contributed by atoms with E-state index in [-0.39, 0.29) is 0 Å². The SMILES string of the molecule is Cc1ccc(N(CCc2cccc(Cl)c2)Cc2ccccc2)cc1S(=O)O. The van der Waals surface area contributed by atoms with E-state index >= 15 is 0 Å². The minimum absolute atomic E-state index is 0.452. The molecular weight excluding hydrogens is 378 g/mol. The highest BCUT2D eigenvalue weighted by Crippen LogP contribution is 2.24. The lowest BCUT2D eigenvalue weighted by Crippen LogP contribution is -2.25. The number of benzene rings is 3. The number of aryl methyl sites for hydroxylation is 1. The van der Waals surface area contributed by atoms with Crippen LogP contribution in [0.5, 0.6) is 0 Å². The zero-order chi connectivity index (χ0) is 19.2. The predicted octanol–water partition coefficient (Wildman–Crippen LogP) is 5.48. The monoisotopic (exact) mass is 399 g/mol. The molecule has 3 aromatic carbocycles. The van der Waals surface area contributed by atoms with Crippen LogP contribution >= 0.6 is 11.6 Å². The molecule has 5 heteroatoms. The van der Waals surface area contributed by atoms with Crippen LogP contribution in [-0.2, 0) is 24.0 Å². The number of hydrogen-bond donors (Lipinski definition) is 1. The van der Waals surface area contributed by atoms with Gasteiger partial charge in [-0.3, -0.25) is 0 Å². The van der Waals surface area contributed by atoms with E-state index in [1.54, 1.807) is 0 Å². The molecule has 0 aromatic heterocycles. The maximum absolute atomic E-state index is 11.6. The van der Waals surface area contributed by atoms with Gasteiger partial charge in [-0.15, -0.1) is 0 Å². The summed E-state index contributed by atoms with van der Waals surface area (Å²) in [6, 6.07) is 23.8. The van der Waals surface area contributed by atoms with Crippen LogP contribution in [0.1, 0.15) is 16.7 Å². The Bertz CT molecular complexity index is 931. The van der Waals surface area contributed by atoms with Gasteiger partial charge in [0.1, 0.15) is 0 Å². The Balaban J connectivity index is 1.87. The second-order valence-electron chi connectivity index (χ2n) is 6.49. The topological polar surface area (TPSA) is 40.5 Å². The van der Waals surface area contributed by atoms with Crippen molar-refractivity contribution in [2.24, 2.45) is 0 Å². The fourth-order valence-corrected chi connectivity index (χ4v) is 3.81. The van der Waals surface area contributed by atoms with Crippen LogP contribution in [0, 0.1) is 6.92 Å². The lowest BCUT2D eigenvalue weighted by Gasteiger charge is -2.26. The second-order valence-corrected chi connectivity index (χ2v) is 7.86. The van der Waals surface area contributed by atoms with E-state index in [0.717, 1.165) is 35.8 Å². The molecule has 0 heterocycles. The highest BCUT2D eigenvalue weighted by atomic mass is 35.5. The third-order valence-electron chi connectivity index (χ3n) is 4.50. The lowest BCUT2D eigenvalue weighted by atomic mass is 10.1. The summed E-state index contributed by atoms with van der Waals surface area (Å²) in [5.41, 5.74) is 4.10. The van der Waals surface area contributed by atoms with Crippen molar-refractivity contribution in [2.75, 3.05) is 11.4 Å². The molecule has 3 nitrogen and oxygen atoms in total. The molecule has 3 aromatic rings. The largest absolute Gasteiger partial charge is 0.367 e. The molecular formula is C22H22ClNO2S. The molecule has 0 fully saturated rings. The van der Waals surface area contributed by atoms with E-state index in [0.29, 0.717) is 4.90 Å². The van der Waals surface area contributed by atoms with Crippen LogP contribution < -0.4 is 4.90 Å². The van der Waals surface area contributed by atoms with Gasteiger partial charge < -0.3 is 9.45 Å². The molecule has 0 saturated carbocycles. The highest BCUT2D eigenvalue weighted by Gasteiger charge is 2.12. The molecule has 0 bridgehead atoms. The van der Waals surface area contributed by atoms with E-state index in [4.69, 9.17) is 11.6 Å². The minimum atomic E-state index is -2.00. The molecule has 0 saturated heterocycles. The standard InChI is InChI=1S/C22H22ClNO2S/c1-17-10-11-21(15-22(17)27(25)26)24(16-19-6-3-2-4-7-19)13-12-18-8-5-9-20(23)14-18/h2-11,14-15H,12-13,16H2,1H3,(H,25,26). The van der Waals surface area contributed by atoms with Crippen molar-refractivity contribution in [1.82, 2.24) is 0 Å². The summed E-state index contributed by atoms with van der Waals surface area (Å²) in [6.07, 6.45) is 0.832. The quantitative estimate of drug-likeness (QED) is 0.535. The molecule has 0 aliphatic carbocycles. The van der Waals surface area contributed by atoms with Gasteiger partial charge in [-0.2, -0.15) is 0 Å². The maximum atomic E-state index is 11.6.